The molecule has 0 bridgehead atoms. The molecule has 1 atom stereocenters. The van der Waals surface area contributed by atoms with E-state index in [1.165, 1.54) is 19.3 Å². The molecule has 4 nitrogen and oxygen atoms in total. The topological polar surface area (TPSA) is 44.4 Å². The van der Waals surface area contributed by atoms with Crippen molar-refractivity contribution in [3.05, 3.63) is 29.3 Å². The van der Waals surface area contributed by atoms with Crippen LogP contribution in [0.3, 0.4) is 0 Å². The number of hydrogen-bond donors (Lipinski definition) is 2. The SMILES string of the molecule is CN(CCC(=O)Nc1ccccc1Cl)CC1CCCCN1. The molecule has 1 aromatic carbocycles. The van der Waals surface area contributed by atoms with Crippen molar-refractivity contribution < 1.29 is 4.79 Å². The summed E-state index contributed by atoms with van der Waals surface area (Å²) < 4.78 is 0. The van der Waals surface area contributed by atoms with Crippen LogP contribution in [0, 0.1) is 0 Å². The van der Waals surface area contributed by atoms with E-state index in [0.29, 0.717) is 23.2 Å². The Balaban J connectivity index is 1.69. The summed E-state index contributed by atoms with van der Waals surface area (Å²) in [5, 5.41) is 6.96. The first-order chi connectivity index (χ1) is 10.1. The second-order valence-electron chi connectivity index (χ2n) is 5.69. The first-order valence-electron chi connectivity index (χ1n) is 7.61. The highest BCUT2D eigenvalue weighted by atomic mass is 35.5. The Morgan fingerprint density at radius 3 is 2.95 bits per heavy atom. The van der Waals surface area contributed by atoms with E-state index in [-0.39, 0.29) is 5.91 Å². The fourth-order valence-electron chi connectivity index (χ4n) is 2.62. The van der Waals surface area contributed by atoms with Gasteiger partial charge in [0.15, 0.2) is 0 Å². The van der Waals surface area contributed by atoms with Crippen LogP contribution in [-0.2, 0) is 4.79 Å². The fraction of sp³-hybridized carbons (Fsp3) is 0.562. The quantitative estimate of drug-likeness (QED) is 0.849. The highest BCUT2D eigenvalue weighted by Gasteiger charge is 2.15. The molecule has 0 radical (unpaired) electrons. The number of para-hydroxylation sites is 1. The van der Waals surface area contributed by atoms with Crippen LogP contribution in [0.4, 0.5) is 5.69 Å². The van der Waals surface area contributed by atoms with Gasteiger partial charge in [-0.2, -0.15) is 0 Å². The number of amides is 1. The van der Waals surface area contributed by atoms with E-state index >= 15 is 0 Å². The minimum atomic E-state index is 0.00607. The maximum Gasteiger partial charge on any atom is 0.225 e. The van der Waals surface area contributed by atoms with Crippen molar-refractivity contribution in [2.75, 3.05) is 32.0 Å². The van der Waals surface area contributed by atoms with Gasteiger partial charge in [0.25, 0.3) is 0 Å². The summed E-state index contributed by atoms with van der Waals surface area (Å²) >= 11 is 6.03. The standard InChI is InChI=1S/C16H24ClN3O/c1-20(12-13-6-4-5-10-18-13)11-9-16(21)19-15-8-3-2-7-14(15)17/h2-3,7-8,13,18H,4-6,9-12H2,1H3,(H,19,21). The van der Waals surface area contributed by atoms with Crippen molar-refractivity contribution in [1.29, 1.82) is 0 Å². The minimum absolute atomic E-state index is 0.00607. The van der Waals surface area contributed by atoms with E-state index in [2.05, 4.69) is 22.6 Å². The number of carbonyl (C=O) groups is 1. The third-order valence-electron chi connectivity index (χ3n) is 3.81. The van der Waals surface area contributed by atoms with Gasteiger partial charge >= 0.3 is 0 Å². The predicted octanol–water partition coefficient (Wildman–Crippen LogP) is 2.74. The Labute approximate surface area is 131 Å². The minimum Gasteiger partial charge on any atom is -0.325 e. The van der Waals surface area contributed by atoms with Crippen molar-refractivity contribution >= 4 is 23.2 Å². The number of likely N-dealkylation sites (N-methyl/N-ethyl adjacent to an activating group) is 1. The largest absolute Gasteiger partial charge is 0.325 e. The van der Waals surface area contributed by atoms with Crippen molar-refractivity contribution in [2.45, 2.75) is 31.7 Å². The molecular weight excluding hydrogens is 286 g/mol. The summed E-state index contributed by atoms with van der Waals surface area (Å²) in [5.74, 6) is 0.00607. The maximum absolute atomic E-state index is 11.9. The average molecular weight is 310 g/mol. The molecule has 1 fully saturated rings. The van der Waals surface area contributed by atoms with Gasteiger partial charge in [0.05, 0.1) is 10.7 Å². The number of carbonyl (C=O) groups excluding carboxylic acids is 1. The molecule has 0 spiro atoms. The highest BCUT2D eigenvalue weighted by Crippen LogP contribution is 2.20. The first kappa shape index (κ1) is 16.3. The van der Waals surface area contributed by atoms with Crippen LogP contribution in [0.5, 0.6) is 0 Å². The lowest BCUT2D eigenvalue weighted by molar-refractivity contribution is -0.116. The second-order valence-corrected chi connectivity index (χ2v) is 6.09. The zero-order valence-electron chi connectivity index (χ0n) is 12.6. The first-order valence-corrected chi connectivity index (χ1v) is 7.99. The summed E-state index contributed by atoms with van der Waals surface area (Å²) in [6, 6.07) is 7.87. The molecule has 2 N–H and O–H groups in total. The zero-order chi connectivity index (χ0) is 15.1. The van der Waals surface area contributed by atoms with Crippen LogP contribution in [0.1, 0.15) is 25.7 Å². The Morgan fingerprint density at radius 2 is 2.24 bits per heavy atom. The lowest BCUT2D eigenvalue weighted by Crippen LogP contribution is -2.43. The zero-order valence-corrected chi connectivity index (χ0v) is 13.3. The Kier molecular flexibility index (Phi) is 6.49. The lowest BCUT2D eigenvalue weighted by Gasteiger charge is -2.28. The molecule has 0 aliphatic carbocycles. The van der Waals surface area contributed by atoms with Gasteiger partial charge in [0.1, 0.15) is 0 Å². The van der Waals surface area contributed by atoms with Crippen molar-refractivity contribution in [1.82, 2.24) is 10.2 Å². The Bertz CT molecular complexity index is 461. The van der Waals surface area contributed by atoms with Gasteiger partial charge in [-0.15, -0.1) is 0 Å². The van der Waals surface area contributed by atoms with E-state index in [1.807, 2.05) is 18.2 Å². The van der Waals surface area contributed by atoms with Crippen LogP contribution in [0.15, 0.2) is 24.3 Å². The third kappa shape index (κ3) is 5.65. The summed E-state index contributed by atoms with van der Waals surface area (Å²) in [5.41, 5.74) is 0.681. The van der Waals surface area contributed by atoms with Crippen LogP contribution >= 0.6 is 11.6 Å². The van der Waals surface area contributed by atoms with E-state index in [0.717, 1.165) is 19.6 Å². The molecule has 21 heavy (non-hydrogen) atoms. The van der Waals surface area contributed by atoms with Crippen molar-refractivity contribution in [2.24, 2.45) is 0 Å². The summed E-state index contributed by atoms with van der Waals surface area (Å²) in [4.78, 5) is 14.2. The molecule has 1 aliphatic rings. The van der Waals surface area contributed by atoms with E-state index < -0.39 is 0 Å². The Morgan fingerprint density at radius 1 is 1.43 bits per heavy atom. The molecule has 1 heterocycles. The maximum atomic E-state index is 11.9. The molecule has 1 aliphatic heterocycles. The van der Waals surface area contributed by atoms with Gasteiger partial charge in [-0.1, -0.05) is 30.2 Å². The van der Waals surface area contributed by atoms with E-state index in [4.69, 9.17) is 11.6 Å². The van der Waals surface area contributed by atoms with Gasteiger partial charge in [-0.3, -0.25) is 4.79 Å². The molecule has 5 heteroatoms. The molecule has 1 amide bonds. The number of anilines is 1. The third-order valence-corrected chi connectivity index (χ3v) is 4.14. The number of nitrogens with one attached hydrogen (secondary N) is 2. The average Bonchev–Trinajstić information content (AvgIpc) is 2.49. The summed E-state index contributed by atoms with van der Waals surface area (Å²) in [6.07, 6.45) is 4.30. The van der Waals surface area contributed by atoms with Gasteiger partial charge in [-0.05, 0) is 38.6 Å². The van der Waals surface area contributed by atoms with Crippen LogP contribution in [-0.4, -0.2) is 43.5 Å². The summed E-state index contributed by atoms with van der Waals surface area (Å²) in [7, 11) is 2.07. The van der Waals surface area contributed by atoms with Crippen molar-refractivity contribution in [3.8, 4) is 0 Å². The van der Waals surface area contributed by atoms with E-state index in [1.54, 1.807) is 6.07 Å². The van der Waals surface area contributed by atoms with E-state index in [9.17, 15) is 4.79 Å². The Hall–Kier alpha value is -1.10. The molecular formula is C16H24ClN3O. The molecule has 1 saturated heterocycles. The molecule has 2 rings (SSSR count). The monoisotopic (exact) mass is 309 g/mol. The number of piperidine rings is 1. The van der Waals surface area contributed by atoms with Gasteiger partial charge in [-0.25, -0.2) is 0 Å². The smallest absolute Gasteiger partial charge is 0.225 e. The van der Waals surface area contributed by atoms with Gasteiger partial charge < -0.3 is 15.5 Å². The van der Waals surface area contributed by atoms with Crippen molar-refractivity contribution in [3.63, 3.8) is 0 Å². The number of halogens is 1. The molecule has 1 aromatic rings. The predicted molar refractivity (Wildman–Crippen MR) is 87.8 cm³/mol. The number of benzene rings is 1. The van der Waals surface area contributed by atoms with Crippen LogP contribution < -0.4 is 10.6 Å². The number of hydrogen-bond acceptors (Lipinski definition) is 3. The van der Waals surface area contributed by atoms with Gasteiger partial charge in [0.2, 0.25) is 5.91 Å². The lowest BCUT2D eigenvalue weighted by atomic mass is 10.0. The number of rotatable bonds is 6. The summed E-state index contributed by atoms with van der Waals surface area (Å²) in [6.45, 7) is 2.87. The fourth-order valence-corrected chi connectivity index (χ4v) is 2.80. The molecule has 0 aromatic heterocycles. The highest BCUT2D eigenvalue weighted by molar-refractivity contribution is 6.33. The van der Waals surface area contributed by atoms with Crippen LogP contribution in [0.2, 0.25) is 5.02 Å². The normalized spacial score (nSPS) is 18.7. The molecule has 1 unspecified atom stereocenters. The van der Waals surface area contributed by atoms with Crippen LogP contribution in [0.25, 0.3) is 0 Å². The van der Waals surface area contributed by atoms with Gasteiger partial charge in [0, 0.05) is 25.6 Å². The second kappa shape index (κ2) is 8.37. The molecule has 116 valence electrons. The molecule has 0 saturated carbocycles. The number of nitrogens with zero attached hydrogens (tertiary/aromatic N) is 1.